The summed E-state index contributed by atoms with van der Waals surface area (Å²) in [5, 5.41) is 3.39. The second kappa shape index (κ2) is 7.23. The Morgan fingerprint density at radius 3 is 2.60 bits per heavy atom. The first-order valence-corrected chi connectivity index (χ1v) is 8.52. The van der Waals surface area contributed by atoms with Crippen LogP contribution in [0.3, 0.4) is 0 Å². The zero-order valence-electron chi connectivity index (χ0n) is 10.7. The quantitative estimate of drug-likeness (QED) is 0.648. The highest BCUT2D eigenvalue weighted by Crippen LogP contribution is 2.38. The van der Waals surface area contributed by atoms with Crippen LogP contribution in [0.15, 0.2) is 28.7 Å². The first-order chi connectivity index (χ1) is 9.51. The third-order valence-corrected chi connectivity index (χ3v) is 4.79. The number of hydrogen-bond acceptors (Lipinski definition) is 2. The summed E-state index contributed by atoms with van der Waals surface area (Å²) >= 11 is 16.9. The number of benzene rings is 1. The minimum absolute atomic E-state index is 0.168. The van der Waals surface area contributed by atoms with Gasteiger partial charge in [0.05, 0.1) is 14.7 Å². The van der Waals surface area contributed by atoms with Gasteiger partial charge in [-0.2, -0.15) is 0 Å². The molecule has 1 N–H and O–H groups in total. The van der Waals surface area contributed by atoms with E-state index >= 15 is 0 Å². The molecule has 0 saturated carbocycles. The van der Waals surface area contributed by atoms with Crippen molar-refractivity contribution in [2.24, 2.45) is 0 Å². The van der Waals surface area contributed by atoms with Gasteiger partial charge in [-0.05, 0) is 42.8 Å². The molecule has 6 heteroatoms. The fourth-order valence-corrected chi connectivity index (χ4v) is 4.00. The van der Waals surface area contributed by atoms with E-state index in [1.807, 2.05) is 12.1 Å². The van der Waals surface area contributed by atoms with Crippen LogP contribution in [0.4, 0.5) is 4.39 Å². The number of thiophene rings is 1. The molecule has 0 spiro atoms. The molecule has 0 aliphatic heterocycles. The Morgan fingerprint density at radius 1 is 1.30 bits per heavy atom. The largest absolute Gasteiger partial charge is 0.306 e. The zero-order chi connectivity index (χ0) is 14.7. The molecule has 2 rings (SSSR count). The maximum Gasteiger partial charge on any atom is 0.124 e. The highest BCUT2D eigenvalue weighted by molar-refractivity contribution is 9.10. The Labute approximate surface area is 140 Å². The molecule has 0 aliphatic carbocycles. The summed E-state index contributed by atoms with van der Waals surface area (Å²) < 4.78 is 15.6. The van der Waals surface area contributed by atoms with E-state index in [9.17, 15) is 4.39 Å². The standard InChI is InChI=1S/C14H13BrCl2FNS/c1-2-3-19-13(11-7-12(16)20-14(11)17)8-4-9(15)6-10(18)5-8/h4-7,13,19H,2-3H2,1H3. The maximum atomic E-state index is 13.6. The van der Waals surface area contributed by atoms with Gasteiger partial charge >= 0.3 is 0 Å². The average molecular weight is 397 g/mol. The van der Waals surface area contributed by atoms with Gasteiger partial charge in [0.1, 0.15) is 5.82 Å². The van der Waals surface area contributed by atoms with Gasteiger partial charge < -0.3 is 5.32 Å². The molecule has 1 heterocycles. The van der Waals surface area contributed by atoms with E-state index in [0.29, 0.717) is 13.1 Å². The number of hydrogen-bond donors (Lipinski definition) is 1. The topological polar surface area (TPSA) is 12.0 Å². The second-order valence-corrected chi connectivity index (χ2v) is 7.57. The summed E-state index contributed by atoms with van der Waals surface area (Å²) in [6, 6.07) is 6.50. The first kappa shape index (κ1) is 16.2. The van der Waals surface area contributed by atoms with Crippen LogP contribution in [0.1, 0.15) is 30.5 Å². The van der Waals surface area contributed by atoms with Crippen molar-refractivity contribution in [2.45, 2.75) is 19.4 Å². The lowest BCUT2D eigenvalue weighted by Crippen LogP contribution is -2.23. The normalized spacial score (nSPS) is 12.7. The van der Waals surface area contributed by atoms with Gasteiger partial charge in [0.2, 0.25) is 0 Å². The van der Waals surface area contributed by atoms with Crippen molar-refractivity contribution in [3.63, 3.8) is 0 Å². The van der Waals surface area contributed by atoms with Gasteiger partial charge in [-0.25, -0.2) is 4.39 Å². The molecule has 108 valence electrons. The predicted octanol–water partition coefficient (Wildman–Crippen LogP) is 6.05. The fourth-order valence-electron chi connectivity index (χ4n) is 1.99. The molecule has 1 unspecified atom stereocenters. The van der Waals surface area contributed by atoms with E-state index in [4.69, 9.17) is 23.2 Å². The van der Waals surface area contributed by atoms with Crippen molar-refractivity contribution < 1.29 is 4.39 Å². The number of halogens is 4. The maximum absolute atomic E-state index is 13.6. The van der Waals surface area contributed by atoms with Gasteiger partial charge in [-0.3, -0.25) is 0 Å². The summed E-state index contributed by atoms with van der Waals surface area (Å²) in [7, 11) is 0. The molecular weight excluding hydrogens is 384 g/mol. The Balaban J connectivity index is 2.43. The van der Waals surface area contributed by atoms with Crippen LogP contribution in [0.25, 0.3) is 0 Å². The summed E-state index contributed by atoms with van der Waals surface area (Å²) in [5.74, 6) is -0.282. The van der Waals surface area contributed by atoms with Crippen molar-refractivity contribution in [1.82, 2.24) is 5.32 Å². The van der Waals surface area contributed by atoms with Gasteiger partial charge in [-0.1, -0.05) is 46.1 Å². The molecule has 0 fully saturated rings. The minimum Gasteiger partial charge on any atom is -0.306 e. The van der Waals surface area contributed by atoms with Crippen molar-refractivity contribution in [1.29, 1.82) is 0 Å². The monoisotopic (exact) mass is 395 g/mol. The SMILES string of the molecule is CCCNC(c1cc(F)cc(Br)c1)c1cc(Cl)sc1Cl. The second-order valence-electron chi connectivity index (χ2n) is 4.37. The highest BCUT2D eigenvalue weighted by atomic mass is 79.9. The first-order valence-electron chi connectivity index (χ1n) is 6.15. The number of rotatable bonds is 5. The molecule has 0 saturated heterocycles. The van der Waals surface area contributed by atoms with Crippen LogP contribution in [0.5, 0.6) is 0 Å². The van der Waals surface area contributed by atoms with E-state index in [1.54, 1.807) is 0 Å². The minimum atomic E-state index is -0.282. The van der Waals surface area contributed by atoms with Gasteiger partial charge in [0, 0.05) is 10.0 Å². The van der Waals surface area contributed by atoms with Gasteiger partial charge in [0.25, 0.3) is 0 Å². The Bertz CT molecular complexity index is 583. The molecular formula is C14H13BrCl2FNS. The summed E-state index contributed by atoms with van der Waals surface area (Å²) in [6.07, 6.45) is 0.975. The van der Waals surface area contributed by atoms with E-state index in [1.165, 1.54) is 23.5 Å². The van der Waals surface area contributed by atoms with Crippen LogP contribution in [-0.2, 0) is 0 Å². The lowest BCUT2D eigenvalue weighted by atomic mass is 10.0. The summed E-state index contributed by atoms with van der Waals surface area (Å²) in [5.41, 5.74) is 1.70. The molecule has 1 aromatic heterocycles. The molecule has 0 aliphatic rings. The van der Waals surface area contributed by atoms with Crippen LogP contribution in [-0.4, -0.2) is 6.54 Å². The molecule has 0 bridgehead atoms. The molecule has 1 aromatic carbocycles. The van der Waals surface area contributed by atoms with E-state index in [2.05, 4.69) is 28.2 Å². The Morgan fingerprint density at radius 2 is 2.05 bits per heavy atom. The third-order valence-electron chi connectivity index (χ3n) is 2.81. The van der Waals surface area contributed by atoms with Gasteiger partial charge in [0.15, 0.2) is 0 Å². The molecule has 2 aromatic rings. The Kier molecular flexibility index (Phi) is 5.87. The van der Waals surface area contributed by atoms with Crippen LogP contribution in [0, 0.1) is 5.82 Å². The van der Waals surface area contributed by atoms with E-state index in [-0.39, 0.29) is 11.9 Å². The van der Waals surface area contributed by atoms with Crippen molar-refractivity contribution in [2.75, 3.05) is 6.54 Å². The summed E-state index contributed by atoms with van der Waals surface area (Å²) in [4.78, 5) is 0. The van der Waals surface area contributed by atoms with Gasteiger partial charge in [-0.15, -0.1) is 11.3 Å². The van der Waals surface area contributed by atoms with Crippen LogP contribution >= 0.6 is 50.5 Å². The zero-order valence-corrected chi connectivity index (χ0v) is 14.6. The lowest BCUT2D eigenvalue weighted by molar-refractivity contribution is 0.586. The smallest absolute Gasteiger partial charge is 0.124 e. The average Bonchev–Trinajstić information content (AvgIpc) is 2.68. The number of nitrogens with one attached hydrogen (secondary N) is 1. The molecule has 20 heavy (non-hydrogen) atoms. The molecule has 1 nitrogen and oxygen atoms in total. The highest BCUT2D eigenvalue weighted by Gasteiger charge is 2.20. The van der Waals surface area contributed by atoms with E-state index < -0.39 is 0 Å². The van der Waals surface area contributed by atoms with Crippen molar-refractivity contribution in [3.05, 3.63) is 54.4 Å². The van der Waals surface area contributed by atoms with Crippen molar-refractivity contribution >= 4 is 50.5 Å². The van der Waals surface area contributed by atoms with Crippen molar-refractivity contribution in [3.8, 4) is 0 Å². The van der Waals surface area contributed by atoms with Crippen LogP contribution < -0.4 is 5.32 Å². The molecule has 0 amide bonds. The fraction of sp³-hybridized carbons (Fsp3) is 0.286. The van der Waals surface area contributed by atoms with E-state index in [0.717, 1.165) is 24.1 Å². The Hall–Kier alpha value is -0.130. The lowest BCUT2D eigenvalue weighted by Gasteiger charge is -2.19. The summed E-state index contributed by atoms with van der Waals surface area (Å²) in [6.45, 7) is 2.89. The third kappa shape index (κ3) is 3.95. The molecule has 1 atom stereocenters. The predicted molar refractivity (Wildman–Crippen MR) is 88.6 cm³/mol. The molecule has 0 radical (unpaired) electrons. The van der Waals surface area contributed by atoms with Crippen LogP contribution in [0.2, 0.25) is 8.67 Å².